The number of carbonyl (C=O) groups excluding carboxylic acids is 1. The summed E-state index contributed by atoms with van der Waals surface area (Å²) in [7, 11) is 0. The molecule has 0 aromatic carbocycles. The maximum atomic E-state index is 12.0. The Morgan fingerprint density at radius 1 is 1.58 bits per heavy atom. The Kier molecular flexibility index (Phi) is 5.47. The minimum atomic E-state index is -0.230. The molecule has 2 atom stereocenters. The highest BCUT2D eigenvalue weighted by atomic mass is 32.1. The van der Waals surface area contributed by atoms with Crippen molar-refractivity contribution in [3.63, 3.8) is 0 Å². The van der Waals surface area contributed by atoms with E-state index in [4.69, 9.17) is 4.74 Å². The lowest BCUT2D eigenvalue weighted by Gasteiger charge is -2.10. The fourth-order valence-corrected chi connectivity index (χ4v) is 3.49. The van der Waals surface area contributed by atoms with Crippen LogP contribution < -0.4 is 10.6 Å². The third-order valence-electron chi connectivity index (χ3n) is 3.93. The third-order valence-corrected chi connectivity index (χ3v) is 5.13. The van der Waals surface area contributed by atoms with Gasteiger partial charge in [-0.15, -0.1) is 11.3 Å². The second kappa shape index (κ2) is 7.76. The summed E-state index contributed by atoms with van der Waals surface area (Å²) in [6.45, 7) is 6.13. The van der Waals surface area contributed by atoms with Crippen LogP contribution in [0.15, 0.2) is 17.8 Å². The maximum absolute atomic E-state index is 12.0. The quantitative estimate of drug-likeness (QED) is 0.840. The molecule has 0 spiro atoms. The molecule has 1 fully saturated rings. The number of aromatic nitrogens is 3. The van der Waals surface area contributed by atoms with Gasteiger partial charge in [-0.3, -0.25) is 4.68 Å². The summed E-state index contributed by atoms with van der Waals surface area (Å²) in [5.74, 6) is 0.191. The van der Waals surface area contributed by atoms with Crippen molar-refractivity contribution < 1.29 is 9.53 Å². The van der Waals surface area contributed by atoms with E-state index in [1.807, 2.05) is 23.2 Å². The highest BCUT2D eigenvalue weighted by Crippen LogP contribution is 2.19. The number of rotatable bonds is 6. The lowest BCUT2D eigenvalue weighted by Crippen LogP contribution is -2.31. The van der Waals surface area contributed by atoms with Crippen LogP contribution in [-0.2, 0) is 11.3 Å². The van der Waals surface area contributed by atoms with Gasteiger partial charge in [0.25, 0.3) is 0 Å². The summed E-state index contributed by atoms with van der Waals surface area (Å²) in [5.41, 5.74) is 1.70. The van der Waals surface area contributed by atoms with E-state index in [2.05, 4.69) is 27.6 Å². The first-order valence-corrected chi connectivity index (χ1v) is 9.09. The van der Waals surface area contributed by atoms with Crippen molar-refractivity contribution in [1.82, 2.24) is 20.1 Å². The van der Waals surface area contributed by atoms with Crippen molar-refractivity contribution in [1.29, 1.82) is 0 Å². The van der Waals surface area contributed by atoms with E-state index in [0.717, 1.165) is 36.7 Å². The van der Waals surface area contributed by atoms with Gasteiger partial charge in [0.1, 0.15) is 0 Å². The Morgan fingerprint density at radius 2 is 2.46 bits per heavy atom. The van der Waals surface area contributed by atoms with E-state index in [-0.39, 0.29) is 18.1 Å². The van der Waals surface area contributed by atoms with E-state index in [1.165, 1.54) is 0 Å². The summed E-state index contributed by atoms with van der Waals surface area (Å²) in [4.78, 5) is 16.5. The van der Waals surface area contributed by atoms with Gasteiger partial charge in [0, 0.05) is 36.3 Å². The molecule has 2 N–H and O–H groups in total. The summed E-state index contributed by atoms with van der Waals surface area (Å²) < 4.78 is 7.40. The maximum Gasteiger partial charge on any atom is 0.319 e. The van der Waals surface area contributed by atoms with E-state index < -0.39 is 0 Å². The van der Waals surface area contributed by atoms with Crippen LogP contribution in [0.1, 0.15) is 36.4 Å². The Bertz CT molecular complexity index is 678. The number of anilines is 1. The lowest BCUT2D eigenvalue weighted by molar-refractivity contribution is 0.0940. The number of ether oxygens (including phenoxy) is 1. The van der Waals surface area contributed by atoms with Gasteiger partial charge < -0.3 is 15.4 Å². The average Bonchev–Trinajstić information content (AvgIpc) is 3.28. The Hall–Kier alpha value is -1.93. The van der Waals surface area contributed by atoms with Crippen molar-refractivity contribution >= 4 is 23.1 Å². The zero-order valence-electron chi connectivity index (χ0n) is 14.0. The lowest BCUT2D eigenvalue weighted by atomic mass is 10.2. The molecular formula is C16H23N5O2S. The molecule has 0 bridgehead atoms. The molecule has 2 aromatic rings. The molecule has 7 nitrogen and oxygen atoms in total. The van der Waals surface area contributed by atoms with Crippen LogP contribution in [0.5, 0.6) is 0 Å². The van der Waals surface area contributed by atoms with Gasteiger partial charge >= 0.3 is 6.03 Å². The number of nitrogens with zero attached hydrogens (tertiary/aromatic N) is 3. The highest BCUT2D eigenvalue weighted by Gasteiger charge is 2.17. The van der Waals surface area contributed by atoms with Crippen LogP contribution in [0.2, 0.25) is 0 Å². The summed E-state index contributed by atoms with van der Waals surface area (Å²) in [6, 6.07) is -0.230. The first kappa shape index (κ1) is 16.9. The minimum absolute atomic E-state index is 0.191. The first-order valence-electron chi connectivity index (χ1n) is 8.21. The van der Waals surface area contributed by atoms with Crippen LogP contribution in [0, 0.1) is 6.92 Å². The van der Waals surface area contributed by atoms with E-state index in [9.17, 15) is 4.79 Å². The van der Waals surface area contributed by atoms with Gasteiger partial charge in [-0.25, -0.2) is 9.78 Å². The molecule has 0 aliphatic carbocycles. The van der Waals surface area contributed by atoms with Gasteiger partial charge in [-0.1, -0.05) is 6.92 Å². The van der Waals surface area contributed by atoms with Crippen LogP contribution >= 0.6 is 11.3 Å². The monoisotopic (exact) mass is 349 g/mol. The Labute approximate surface area is 145 Å². The topological polar surface area (TPSA) is 81.1 Å². The first-order chi connectivity index (χ1) is 11.6. The molecule has 3 rings (SSSR count). The number of urea groups is 1. The molecule has 0 saturated carbocycles. The zero-order chi connectivity index (χ0) is 16.9. The highest BCUT2D eigenvalue weighted by molar-refractivity contribution is 7.09. The molecule has 8 heteroatoms. The van der Waals surface area contributed by atoms with Gasteiger partial charge in [-0.05, 0) is 19.8 Å². The number of thiazole rings is 1. The molecular weight excluding hydrogens is 326 g/mol. The molecule has 2 aromatic heterocycles. The fraction of sp³-hybridized carbons (Fsp3) is 0.562. The second-order valence-corrected chi connectivity index (χ2v) is 7.04. The van der Waals surface area contributed by atoms with Gasteiger partial charge in [-0.2, -0.15) is 5.10 Å². The number of aryl methyl sites for hydroxylation is 1. The number of nitrogens with one attached hydrogen (secondary N) is 2. The van der Waals surface area contributed by atoms with Crippen molar-refractivity contribution in [2.75, 3.05) is 18.5 Å². The Morgan fingerprint density at radius 3 is 3.17 bits per heavy atom. The molecule has 1 aliphatic heterocycles. The van der Waals surface area contributed by atoms with E-state index >= 15 is 0 Å². The van der Waals surface area contributed by atoms with Crippen LogP contribution in [0.3, 0.4) is 0 Å². The van der Waals surface area contributed by atoms with Crippen LogP contribution in [0.4, 0.5) is 10.5 Å². The zero-order valence-corrected chi connectivity index (χ0v) is 14.8. The van der Waals surface area contributed by atoms with Crippen molar-refractivity contribution in [3.05, 3.63) is 28.5 Å². The predicted octanol–water partition coefficient (Wildman–Crippen LogP) is 2.75. The SMILES string of the molecule is Cc1csc([C@H](C)CNC(=O)Nc2cnn(C[C@@H]3CCCO3)c2)n1. The van der Waals surface area contributed by atoms with Gasteiger partial charge in [0.05, 0.1) is 29.5 Å². The largest absolute Gasteiger partial charge is 0.376 e. The fourth-order valence-electron chi connectivity index (χ4n) is 2.63. The normalized spacial score (nSPS) is 18.5. The minimum Gasteiger partial charge on any atom is -0.376 e. The molecule has 3 heterocycles. The Balaban J connectivity index is 1.43. The standard InChI is InChI=1S/C16H23N5O2S/c1-11(15-19-12(2)10-24-15)6-17-16(22)20-13-7-18-21(8-13)9-14-4-3-5-23-14/h7-8,10-11,14H,3-6,9H2,1-2H3,(H2,17,20,22)/t11-,14+/m1/s1. The molecule has 1 aliphatic rings. The number of hydrogen-bond donors (Lipinski definition) is 2. The third kappa shape index (κ3) is 4.55. The number of carbonyl (C=O) groups is 1. The molecule has 0 unspecified atom stereocenters. The average molecular weight is 349 g/mol. The summed E-state index contributed by atoms with van der Waals surface area (Å²) in [6.07, 6.45) is 5.89. The van der Waals surface area contributed by atoms with Crippen LogP contribution in [0.25, 0.3) is 0 Å². The molecule has 2 amide bonds. The molecule has 130 valence electrons. The van der Waals surface area contributed by atoms with E-state index in [0.29, 0.717) is 12.2 Å². The second-order valence-electron chi connectivity index (χ2n) is 6.15. The van der Waals surface area contributed by atoms with Crippen molar-refractivity contribution in [2.24, 2.45) is 0 Å². The van der Waals surface area contributed by atoms with Gasteiger partial charge in [0.15, 0.2) is 0 Å². The molecule has 1 saturated heterocycles. The van der Waals surface area contributed by atoms with E-state index in [1.54, 1.807) is 17.5 Å². The molecule has 0 radical (unpaired) electrons. The summed E-state index contributed by atoms with van der Waals surface area (Å²) >= 11 is 1.62. The van der Waals surface area contributed by atoms with Gasteiger partial charge in [0.2, 0.25) is 0 Å². The summed E-state index contributed by atoms with van der Waals surface area (Å²) in [5, 5.41) is 13.0. The number of hydrogen-bond acceptors (Lipinski definition) is 5. The van der Waals surface area contributed by atoms with Crippen molar-refractivity contribution in [2.45, 2.75) is 45.3 Å². The number of amides is 2. The smallest absolute Gasteiger partial charge is 0.319 e. The van der Waals surface area contributed by atoms with Crippen molar-refractivity contribution in [3.8, 4) is 0 Å². The van der Waals surface area contributed by atoms with Crippen LogP contribution in [-0.4, -0.2) is 40.1 Å². The molecule has 24 heavy (non-hydrogen) atoms. The predicted molar refractivity (Wildman–Crippen MR) is 93.5 cm³/mol.